The maximum absolute atomic E-state index is 11.4. The van der Waals surface area contributed by atoms with E-state index in [0.29, 0.717) is 6.42 Å². The molecule has 0 saturated heterocycles. The van der Waals surface area contributed by atoms with Gasteiger partial charge in [0, 0.05) is 7.05 Å². The van der Waals surface area contributed by atoms with Crippen molar-refractivity contribution >= 4 is 5.91 Å². The Bertz CT molecular complexity index is 150. The van der Waals surface area contributed by atoms with Crippen molar-refractivity contribution in [3.63, 3.8) is 0 Å². The second-order valence-corrected chi connectivity index (χ2v) is 3.00. The number of amides is 1. The van der Waals surface area contributed by atoms with Gasteiger partial charge in [-0.05, 0) is 13.3 Å². The summed E-state index contributed by atoms with van der Waals surface area (Å²) in [6.07, 6.45) is 0.626. The van der Waals surface area contributed by atoms with Gasteiger partial charge in [-0.25, -0.2) is 0 Å². The third kappa shape index (κ3) is 2.79. The lowest BCUT2D eigenvalue weighted by Gasteiger charge is -2.25. The summed E-state index contributed by atoms with van der Waals surface area (Å²) < 4.78 is 0. The van der Waals surface area contributed by atoms with E-state index in [1.54, 1.807) is 14.0 Å². The van der Waals surface area contributed by atoms with Gasteiger partial charge < -0.3 is 15.7 Å². The first-order valence-corrected chi connectivity index (χ1v) is 4.17. The maximum Gasteiger partial charge on any atom is 0.239 e. The monoisotopic (exact) mass is 174 g/mol. The minimum absolute atomic E-state index is 0.0291. The van der Waals surface area contributed by atoms with E-state index < -0.39 is 6.04 Å². The van der Waals surface area contributed by atoms with Gasteiger partial charge in [0.05, 0.1) is 18.7 Å². The largest absolute Gasteiger partial charge is 0.394 e. The first kappa shape index (κ1) is 11.4. The first-order valence-electron chi connectivity index (χ1n) is 4.17. The number of aliphatic hydroxyl groups excluding tert-OH is 1. The van der Waals surface area contributed by atoms with Gasteiger partial charge in [-0.2, -0.15) is 0 Å². The van der Waals surface area contributed by atoms with E-state index in [0.717, 1.165) is 0 Å². The molecule has 0 saturated carbocycles. The first-order chi connectivity index (χ1) is 5.54. The van der Waals surface area contributed by atoms with Gasteiger partial charge in [0.2, 0.25) is 5.91 Å². The summed E-state index contributed by atoms with van der Waals surface area (Å²) in [6, 6.07) is -0.598. The molecule has 3 N–H and O–H groups in total. The van der Waals surface area contributed by atoms with Gasteiger partial charge in [0.15, 0.2) is 0 Å². The van der Waals surface area contributed by atoms with Gasteiger partial charge in [-0.3, -0.25) is 4.79 Å². The number of aliphatic hydroxyl groups is 1. The third-order valence-corrected chi connectivity index (χ3v) is 2.03. The number of carbonyl (C=O) groups excluding carboxylic acids is 1. The van der Waals surface area contributed by atoms with E-state index in [4.69, 9.17) is 10.8 Å². The second-order valence-electron chi connectivity index (χ2n) is 3.00. The van der Waals surface area contributed by atoms with Crippen molar-refractivity contribution in [1.29, 1.82) is 0 Å². The van der Waals surface area contributed by atoms with Crippen LogP contribution in [-0.4, -0.2) is 41.7 Å². The van der Waals surface area contributed by atoms with Crippen molar-refractivity contribution in [3.05, 3.63) is 0 Å². The van der Waals surface area contributed by atoms with Crippen LogP contribution in [0.5, 0.6) is 0 Å². The Morgan fingerprint density at radius 2 is 2.17 bits per heavy atom. The van der Waals surface area contributed by atoms with Crippen LogP contribution in [0.1, 0.15) is 20.3 Å². The van der Waals surface area contributed by atoms with Gasteiger partial charge in [-0.1, -0.05) is 6.92 Å². The predicted molar refractivity (Wildman–Crippen MR) is 47.6 cm³/mol. The molecular formula is C8H18N2O2. The number of nitrogens with zero attached hydrogens (tertiary/aromatic N) is 1. The molecule has 0 heterocycles. The van der Waals surface area contributed by atoms with E-state index in [2.05, 4.69) is 0 Å². The Morgan fingerprint density at radius 1 is 1.67 bits per heavy atom. The van der Waals surface area contributed by atoms with Crippen molar-refractivity contribution in [3.8, 4) is 0 Å². The molecule has 0 spiro atoms. The molecule has 1 unspecified atom stereocenters. The average molecular weight is 174 g/mol. The van der Waals surface area contributed by atoms with E-state index >= 15 is 0 Å². The maximum atomic E-state index is 11.4. The van der Waals surface area contributed by atoms with Crippen LogP contribution in [0.4, 0.5) is 0 Å². The van der Waals surface area contributed by atoms with Gasteiger partial charge in [-0.15, -0.1) is 0 Å². The lowest BCUT2D eigenvalue weighted by Crippen LogP contribution is -2.46. The molecule has 1 amide bonds. The van der Waals surface area contributed by atoms with Crippen molar-refractivity contribution in [1.82, 2.24) is 4.90 Å². The van der Waals surface area contributed by atoms with Crippen LogP contribution in [-0.2, 0) is 4.79 Å². The zero-order valence-corrected chi connectivity index (χ0v) is 7.95. The van der Waals surface area contributed by atoms with E-state index in [1.807, 2.05) is 6.92 Å². The smallest absolute Gasteiger partial charge is 0.239 e. The molecule has 0 fully saturated rings. The highest BCUT2D eigenvalue weighted by Crippen LogP contribution is 1.99. The van der Waals surface area contributed by atoms with Crippen molar-refractivity contribution in [2.45, 2.75) is 32.4 Å². The molecule has 0 aromatic heterocycles. The highest BCUT2D eigenvalue weighted by atomic mass is 16.3. The number of hydrogen-bond acceptors (Lipinski definition) is 3. The van der Waals surface area contributed by atoms with Crippen LogP contribution in [0.15, 0.2) is 0 Å². The standard InChI is InChI=1S/C8H18N2O2/c1-4-7(9)8(12)10(3)6(2)5-11/h6-7,11H,4-5,9H2,1-3H3/t6?,7-/m0/s1. The average Bonchev–Trinajstić information content (AvgIpc) is 2.12. The van der Waals surface area contributed by atoms with Gasteiger partial charge in [0.25, 0.3) is 0 Å². The van der Waals surface area contributed by atoms with Crippen LogP contribution < -0.4 is 5.73 Å². The van der Waals surface area contributed by atoms with Crippen LogP contribution in [0.2, 0.25) is 0 Å². The summed E-state index contributed by atoms with van der Waals surface area (Å²) in [6.45, 7) is 3.61. The second kappa shape index (κ2) is 5.11. The Hall–Kier alpha value is -0.610. The molecule has 0 aliphatic heterocycles. The summed E-state index contributed by atoms with van der Waals surface area (Å²) >= 11 is 0. The molecule has 4 nitrogen and oxygen atoms in total. The van der Waals surface area contributed by atoms with Crippen LogP contribution in [0.3, 0.4) is 0 Å². The van der Waals surface area contributed by atoms with Crippen molar-refractivity contribution < 1.29 is 9.90 Å². The molecule has 0 aromatic rings. The number of hydrogen-bond donors (Lipinski definition) is 2. The summed E-state index contributed by atoms with van der Waals surface area (Å²) in [5.41, 5.74) is 5.54. The number of likely N-dealkylation sites (N-methyl/N-ethyl adjacent to an activating group) is 1. The summed E-state index contributed by atoms with van der Waals surface area (Å²) in [5, 5.41) is 8.77. The minimum Gasteiger partial charge on any atom is -0.394 e. The minimum atomic E-state index is -0.441. The fourth-order valence-electron chi connectivity index (χ4n) is 0.776. The molecule has 0 radical (unpaired) electrons. The molecule has 0 aliphatic rings. The summed E-state index contributed by atoms with van der Waals surface area (Å²) in [4.78, 5) is 12.8. The topological polar surface area (TPSA) is 66.6 Å². The predicted octanol–water partition coefficient (Wildman–Crippen LogP) is -0.437. The fraction of sp³-hybridized carbons (Fsp3) is 0.875. The molecule has 12 heavy (non-hydrogen) atoms. The lowest BCUT2D eigenvalue weighted by molar-refractivity contribution is -0.133. The molecule has 0 aliphatic carbocycles. The Balaban J connectivity index is 4.09. The van der Waals surface area contributed by atoms with E-state index in [9.17, 15) is 4.79 Å². The summed E-state index contributed by atoms with van der Waals surface area (Å²) in [7, 11) is 1.65. The highest BCUT2D eigenvalue weighted by Gasteiger charge is 2.19. The SMILES string of the molecule is CC[C@H](N)C(=O)N(C)C(C)CO. The van der Waals surface area contributed by atoms with E-state index in [1.165, 1.54) is 4.90 Å². The fourth-order valence-corrected chi connectivity index (χ4v) is 0.776. The number of nitrogens with two attached hydrogens (primary N) is 1. The van der Waals surface area contributed by atoms with Gasteiger partial charge >= 0.3 is 0 Å². The van der Waals surface area contributed by atoms with Crippen LogP contribution in [0, 0.1) is 0 Å². The van der Waals surface area contributed by atoms with Crippen molar-refractivity contribution in [2.24, 2.45) is 5.73 Å². The zero-order chi connectivity index (χ0) is 9.72. The Morgan fingerprint density at radius 3 is 2.50 bits per heavy atom. The molecule has 4 heteroatoms. The normalized spacial score (nSPS) is 15.4. The van der Waals surface area contributed by atoms with Crippen LogP contribution >= 0.6 is 0 Å². The summed E-state index contributed by atoms with van der Waals surface area (Å²) in [5.74, 6) is -0.112. The number of carbonyl (C=O) groups is 1. The Labute approximate surface area is 73.3 Å². The van der Waals surface area contributed by atoms with Crippen LogP contribution in [0.25, 0.3) is 0 Å². The third-order valence-electron chi connectivity index (χ3n) is 2.03. The highest BCUT2D eigenvalue weighted by molar-refractivity contribution is 5.81. The Kier molecular flexibility index (Phi) is 4.85. The molecule has 0 bridgehead atoms. The molecule has 0 aromatic carbocycles. The number of rotatable bonds is 4. The quantitative estimate of drug-likeness (QED) is 0.607. The van der Waals surface area contributed by atoms with Crippen molar-refractivity contribution in [2.75, 3.05) is 13.7 Å². The lowest BCUT2D eigenvalue weighted by atomic mass is 10.2. The molecular weight excluding hydrogens is 156 g/mol. The molecule has 0 rings (SSSR count). The van der Waals surface area contributed by atoms with Gasteiger partial charge in [0.1, 0.15) is 0 Å². The zero-order valence-electron chi connectivity index (χ0n) is 7.95. The molecule has 72 valence electrons. The van der Waals surface area contributed by atoms with E-state index in [-0.39, 0.29) is 18.6 Å². The molecule has 2 atom stereocenters.